The zero-order valence-corrected chi connectivity index (χ0v) is 8.80. The van der Waals surface area contributed by atoms with Crippen LogP contribution in [0.1, 0.15) is 13.8 Å². The zero-order valence-electron chi connectivity index (χ0n) is 8.80. The largest absolute Gasteiger partial charge is 0.479 e. The summed E-state index contributed by atoms with van der Waals surface area (Å²) in [6.45, 7) is 3.47. The summed E-state index contributed by atoms with van der Waals surface area (Å²) in [4.78, 5) is 10.9. The van der Waals surface area contributed by atoms with E-state index >= 15 is 0 Å². The van der Waals surface area contributed by atoms with E-state index in [1.54, 1.807) is 13.8 Å². The van der Waals surface area contributed by atoms with E-state index in [4.69, 9.17) is 24.1 Å². The fourth-order valence-corrected chi connectivity index (χ4v) is 1.95. The molecule has 0 radical (unpaired) electrons. The lowest BCUT2D eigenvalue weighted by molar-refractivity contribution is -0.229. The van der Waals surface area contributed by atoms with E-state index in [2.05, 4.69) is 0 Å². The maximum atomic E-state index is 10.9. The molecule has 0 amide bonds. The van der Waals surface area contributed by atoms with Crippen LogP contribution in [0.3, 0.4) is 0 Å². The molecule has 0 spiro atoms. The number of carboxylic acid groups (broad SMARTS) is 1. The van der Waals surface area contributed by atoms with Crippen LogP contribution in [0.2, 0.25) is 0 Å². The van der Waals surface area contributed by atoms with Crippen LogP contribution in [0, 0.1) is 0 Å². The Bertz CT molecular complexity index is 276. The fraction of sp³-hybridized carbons (Fsp3) is 0.889. The monoisotopic (exact) mass is 218 g/mol. The topological polar surface area (TPSA) is 74.2 Å². The van der Waals surface area contributed by atoms with Crippen molar-refractivity contribution >= 4 is 5.97 Å². The minimum atomic E-state index is -1.06. The number of carboxylic acids is 1. The van der Waals surface area contributed by atoms with Crippen molar-refractivity contribution in [1.82, 2.24) is 0 Å². The van der Waals surface area contributed by atoms with Crippen LogP contribution in [0.15, 0.2) is 0 Å². The van der Waals surface area contributed by atoms with Crippen molar-refractivity contribution in [2.75, 3.05) is 7.11 Å². The summed E-state index contributed by atoms with van der Waals surface area (Å²) in [6, 6.07) is 0. The molecule has 6 nitrogen and oxygen atoms in total. The first kappa shape index (κ1) is 10.8. The SMILES string of the molecule is CO[C@H]1O[C@@H](C(=O)O)[C@@H]2OC(C)(C)O[C@H]12. The molecule has 0 aromatic rings. The molecule has 2 aliphatic heterocycles. The molecular weight excluding hydrogens is 204 g/mol. The summed E-state index contributed by atoms with van der Waals surface area (Å²) < 4.78 is 21.2. The van der Waals surface area contributed by atoms with Gasteiger partial charge in [0.1, 0.15) is 12.2 Å². The molecule has 0 aliphatic carbocycles. The van der Waals surface area contributed by atoms with Crippen molar-refractivity contribution in [2.45, 2.75) is 44.2 Å². The first-order valence-corrected chi connectivity index (χ1v) is 4.71. The highest BCUT2D eigenvalue weighted by atomic mass is 16.8. The smallest absolute Gasteiger partial charge is 0.335 e. The third-order valence-electron chi connectivity index (χ3n) is 2.49. The number of hydrogen-bond donors (Lipinski definition) is 1. The Morgan fingerprint density at radius 2 is 1.93 bits per heavy atom. The van der Waals surface area contributed by atoms with Gasteiger partial charge in [0, 0.05) is 7.11 Å². The summed E-state index contributed by atoms with van der Waals surface area (Å²) in [5.41, 5.74) is 0. The van der Waals surface area contributed by atoms with Gasteiger partial charge in [-0.1, -0.05) is 0 Å². The maximum absolute atomic E-state index is 10.9. The number of carbonyl (C=O) groups is 1. The van der Waals surface area contributed by atoms with Gasteiger partial charge in [0.05, 0.1) is 0 Å². The molecule has 0 aromatic carbocycles. The van der Waals surface area contributed by atoms with Gasteiger partial charge in [0.2, 0.25) is 0 Å². The molecular formula is C9H14O6. The second-order valence-electron chi connectivity index (χ2n) is 4.06. The predicted molar refractivity (Wildman–Crippen MR) is 47.1 cm³/mol. The molecule has 0 aromatic heterocycles. The molecule has 2 rings (SSSR count). The van der Waals surface area contributed by atoms with Crippen molar-refractivity contribution in [3.05, 3.63) is 0 Å². The molecule has 15 heavy (non-hydrogen) atoms. The van der Waals surface area contributed by atoms with Crippen molar-refractivity contribution in [2.24, 2.45) is 0 Å². The highest BCUT2D eigenvalue weighted by Crippen LogP contribution is 2.38. The number of ether oxygens (including phenoxy) is 4. The molecule has 6 heteroatoms. The van der Waals surface area contributed by atoms with Gasteiger partial charge in [0.15, 0.2) is 18.2 Å². The van der Waals surface area contributed by atoms with E-state index in [0.29, 0.717) is 0 Å². The molecule has 2 heterocycles. The Labute approximate surface area is 87.1 Å². The summed E-state index contributed by atoms with van der Waals surface area (Å²) >= 11 is 0. The Hall–Kier alpha value is -0.690. The van der Waals surface area contributed by atoms with Crippen LogP contribution < -0.4 is 0 Å². The summed E-state index contributed by atoms with van der Waals surface area (Å²) in [5.74, 6) is -1.85. The standard InChI is InChI=1S/C9H14O6/c1-9(2)14-4-5(7(10)11)13-8(12-3)6(4)15-9/h4-6,8H,1-3H3,(H,10,11)/t4-,5+,6-,8-/m0/s1. The molecule has 2 aliphatic rings. The zero-order chi connectivity index (χ0) is 11.2. The summed E-state index contributed by atoms with van der Waals surface area (Å²) in [7, 11) is 1.45. The van der Waals surface area contributed by atoms with E-state index in [9.17, 15) is 4.79 Å². The maximum Gasteiger partial charge on any atom is 0.335 e. The van der Waals surface area contributed by atoms with Crippen LogP contribution in [-0.4, -0.2) is 48.6 Å². The highest BCUT2D eigenvalue weighted by molar-refractivity contribution is 5.73. The molecule has 2 fully saturated rings. The van der Waals surface area contributed by atoms with Gasteiger partial charge >= 0.3 is 5.97 Å². The van der Waals surface area contributed by atoms with Gasteiger partial charge in [0.25, 0.3) is 0 Å². The lowest BCUT2D eigenvalue weighted by atomic mass is 10.1. The van der Waals surface area contributed by atoms with Crippen LogP contribution in [-0.2, 0) is 23.7 Å². The average Bonchev–Trinajstić information content (AvgIpc) is 2.57. The number of hydrogen-bond acceptors (Lipinski definition) is 5. The second-order valence-corrected chi connectivity index (χ2v) is 4.06. The van der Waals surface area contributed by atoms with Gasteiger partial charge < -0.3 is 24.1 Å². The third kappa shape index (κ3) is 1.74. The summed E-state index contributed by atoms with van der Waals surface area (Å²) in [6.07, 6.45) is -2.80. The molecule has 0 unspecified atom stereocenters. The van der Waals surface area contributed by atoms with Crippen molar-refractivity contribution < 1.29 is 28.8 Å². The van der Waals surface area contributed by atoms with Crippen LogP contribution in [0.5, 0.6) is 0 Å². The Morgan fingerprint density at radius 1 is 1.33 bits per heavy atom. The van der Waals surface area contributed by atoms with E-state index in [1.165, 1.54) is 7.11 Å². The van der Waals surface area contributed by atoms with E-state index < -0.39 is 36.4 Å². The molecule has 86 valence electrons. The van der Waals surface area contributed by atoms with E-state index in [1.807, 2.05) is 0 Å². The van der Waals surface area contributed by atoms with Crippen LogP contribution in [0.25, 0.3) is 0 Å². The number of fused-ring (bicyclic) bond motifs is 1. The first-order chi connectivity index (χ1) is 6.94. The number of rotatable bonds is 2. The van der Waals surface area contributed by atoms with Gasteiger partial charge in [-0.25, -0.2) is 4.79 Å². The van der Waals surface area contributed by atoms with Crippen molar-refractivity contribution in [1.29, 1.82) is 0 Å². The Balaban J connectivity index is 2.19. The normalized spacial score (nSPS) is 42.9. The van der Waals surface area contributed by atoms with E-state index in [0.717, 1.165) is 0 Å². The van der Waals surface area contributed by atoms with Crippen molar-refractivity contribution in [3.8, 4) is 0 Å². The number of aliphatic carboxylic acids is 1. The first-order valence-electron chi connectivity index (χ1n) is 4.71. The van der Waals surface area contributed by atoms with Gasteiger partial charge in [-0.05, 0) is 13.8 Å². The van der Waals surface area contributed by atoms with Gasteiger partial charge in [-0.3, -0.25) is 0 Å². The third-order valence-corrected chi connectivity index (χ3v) is 2.49. The van der Waals surface area contributed by atoms with Crippen LogP contribution in [0.4, 0.5) is 0 Å². The highest BCUT2D eigenvalue weighted by Gasteiger charge is 2.57. The van der Waals surface area contributed by atoms with Gasteiger partial charge in [-0.2, -0.15) is 0 Å². The van der Waals surface area contributed by atoms with Gasteiger partial charge in [-0.15, -0.1) is 0 Å². The quantitative estimate of drug-likeness (QED) is 0.701. The lowest BCUT2D eigenvalue weighted by Crippen LogP contribution is -2.35. The molecule has 0 bridgehead atoms. The summed E-state index contributed by atoms with van der Waals surface area (Å²) in [5, 5.41) is 8.93. The minimum Gasteiger partial charge on any atom is -0.479 e. The fourth-order valence-electron chi connectivity index (χ4n) is 1.95. The molecule has 4 atom stereocenters. The Morgan fingerprint density at radius 3 is 2.47 bits per heavy atom. The lowest BCUT2D eigenvalue weighted by Gasteiger charge is -2.22. The molecule has 0 saturated carbocycles. The van der Waals surface area contributed by atoms with Crippen LogP contribution >= 0.6 is 0 Å². The second kappa shape index (κ2) is 3.41. The number of methoxy groups -OCH3 is 1. The predicted octanol–water partition coefficient (Wildman–Crippen LogP) is -0.0376. The molecule has 2 saturated heterocycles. The Kier molecular flexibility index (Phi) is 2.46. The molecule has 1 N–H and O–H groups in total. The minimum absolute atomic E-state index is 0.480. The average molecular weight is 218 g/mol. The van der Waals surface area contributed by atoms with E-state index in [-0.39, 0.29) is 0 Å². The van der Waals surface area contributed by atoms with Crippen molar-refractivity contribution in [3.63, 3.8) is 0 Å².